The number of aromatic nitrogens is 2. The van der Waals surface area contributed by atoms with Crippen LogP contribution in [0.3, 0.4) is 0 Å². The molecule has 21 heavy (non-hydrogen) atoms. The average molecular weight is 302 g/mol. The van der Waals surface area contributed by atoms with Gasteiger partial charge < -0.3 is 4.40 Å². The Morgan fingerprint density at radius 1 is 1.29 bits per heavy atom. The van der Waals surface area contributed by atoms with Gasteiger partial charge in [-0.25, -0.2) is 4.98 Å². The number of ketones is 1. The lowest BCUT2D eigenvalue weighted by molar-refractivity contribution is -0.384. The monoisotopic (exact) mass is 301 g/mol. The molecule has 3 aromatic rings. The molecule has 0 saturated carbocycles. The highest BCUT2D eigenvalue weighted by Gasteiger charge is 2.19. The van der Waals surface area contributed by atoms with Gasteiger partial charge in [0.15, 0.2) is 0 Å². The summed E-state index contributed by atoms with van der Waals surface area (Å²) in [7, 11) is 0. The zero-order valence-electron chi connectivity index (χ0n) is 10.6. The molecular formula is C14H8ClN3O3. The van der Waals surface area contributed by atoms with E-state index in [9.17, 15) is 14.9 Å². The molecule has 0 aliphatic heterocycles. The second-order valence-corrected chi connectivity index (χ2v) is 4.75. The van der Waals surface area contributed by atoms with Gasteiger partial charge in [0.1, 0.15) is 11.3 Å². The first-order valence-electron chi connectivity index (χ1n) is 5.98. The van der Waals surface area contributed by atoms with Crippen LogP contribution in [0.2, 0.25) is 5.02 Å². The number of carbonyl (C=O) groups excluding carboxylic acids is 1. The van der Waals surface area contributed by atoms with Crippen molar-refractivity contribution in [2.24, 2.45) is 0 Å². The van der Waals surface area contributed by atoms with Gasteiger partial charge in [-0.2, -0.15) is 0 Å². The smallest absolute Gasteiger partial charge is 0.270 e. The third kappa shape index (κ3) is 2.36. The number of non-ortho nitro benzene ring substituents is 1. The van der Waals surface area contributed by atoms with Crippen molar-refractivity contribution < 1.29 is 9.72 Å². The van der Waals surface area contributed by atoms with Gasteiger partial charge in [-0.15, -0.1) is 0 Å². The summed E-state index contributed by atoms with van der Waals surface area (Å²) in [5.41, 5.74) is 0.673. The van der Waals surface area contributed by atoms with Gasteiger partial charge in [-0.3, -0.25) is 14.9 Å². The molecule has 3 rings (SSSR count). The molecule has 0 amide bonds. The van der Waals surface area contributed by atoms with Crippen LogP contribution in [0.4, 0.5) is 5.69 Å². The molecule has 0 aliphatic rings. The lowest BCUT2D eigenvalue weighted by Gasteiger charge is -2.00. The Bertz CT molecular complexity index is 840. The van der Waals surface area contributed by atoms with E-state index in [4.69, 9.17) is 11.6 Å². The predicted molar refractivity (Wildman–Crippen MR) is 76.7 cm³/mol. The van der Waals surface area contributed by atoms with Crippen molar-refractivity contribution in [1.29, 1.82) is 0 Å². The summed E-state index contributed by atoms with van der Waals surface area (Å²) < 4.78 is 1.69. The lowest BCUT2D eigenvalue weighted by atomic mass is 10.1. The molecule has 0 N–H and O–H groups in total. The molecule has 0 fully saturated rings. The van der Waals surface area contributed by atoms with Crippen LogP contribution in [0.5, 0.6) is 0 Å². The molecule has 2 heterocycles. The average Bonchev–Trinajstić information content (AvgIpc) is 2.90. The molecule has 0 bridgehead atoms. The minimum Gasteiger partial charge on any atom is -0.306 e. The third-order valence-electron chi connectivity index (χ3n) is 3.00. The Hall–Kier alpha value is -2.73. The minimum atomic E-state index is -0.573. The van der Waals surface area contributed by atoms with E-state index in [-0.39, 0.29) is 22.0 Å². The first-order chi connectivity index (χ1) is 10.1. The first kappa shape index (κ1) is 13.3. The van der Waals surface area contributed by atoms with Gasteiger partial charge >= 0.3 is 0 Å². The Morgan fingerprint density at radius 3 is 2.81 bits per heavy atom. The molecule has 104 valence electrons. The highest BCUT2D eigenvalue weighted by molar-refractivity contribution is 6.35. The number of hydrogen-bond acceptors (Lipinski definition) is 4. The summed E-state index contributed by atoms with van der Waals surface area (Å²) in [5.74, 6) is -0.451. The Morgan fingerprint density at radius 2 is 2.10 bits per heavy atom. The number of hydrogen-bond donors (Lipinski definition) is 0. The Balaban J connectivity index is 2.09. The molecule has 0 spiro atoms. The molecule has 0 unspecified atom stereocenters. The quantitative estimate of drug-likeness (QED) is 0.423. The number of imidazole rings is 1. The zero-order chi connectivity index (χ0) is 15.0. The molecule has 0 atom stereocenters. The van der Waals surface area contributed by atoms with Gasteiger partial charge in [0, 0.05) is 30.1 Å². The maximum Gasteiger partial charge on any atom is 0.270 e. The lowest BCUT2D eigenvalue weighted by Crippen LogP contribution is -2.03. The van der Waals surface area contributed by atoms with Gasteiger partial charge in [-0.05, 0) is 18.2 Å². The van der Waals surface area contributed by atoms with Crippen molar-refractivity contribution >= 4 is 28.7 Å². The number of nitrogens with zero attached hydrogens (tertiary/aromatic N) is 3. The van der Waals surface area contributed by atoms with E-state index in [0.29, 0.717) is 5.65 Å². The zero-order valence-corrected chi connectivity index (χ0v) is 11.3. The number of nitro groups is 1. The van der Waals surface area contributed by atoms with Crippen LogP contribution < -0.4 is 0 Å². The van der Waals surface area contributed by atoms with Crippen LogP contribution in [-0.4, -0.2) is 20.1 Å². The van der Waals surface area contributed by atoms with Crippen molar-refractivity contribution in [3.05, 3.63) is 75.2 Å². The van der Waals surface area contributed by atoms with Gasteiger partial charge in [0.25, 0.3) is 5.69 Å². The van der Waals surface area contributed by atoms with Crippen LogP contribution in [0.25, 0.3) is 5.65 Å². The third-order valence-corrected chi connectivity index (χ3v) is 3.33. The minimum absolute atomic E-state index is 0.0641. The normalized spacial score (nSPS) is 10.7. The van der Waals surface area contributed by atoms with E-state index in [0.717, 1.165) is 6.07 Å². The summed E-state index contributed by atoms with van der Waals surface area (Å²) in [5, 5.41) is 11.0. The van der Waals surface area contributed by atoms with Crippen LogP contribution >= 0.6 is 11.6 Å². The second-order valence-electron chi connectivity index (χ2n) is 4.34. The van der Waals surface area contributed by atoms with Crippen molar-refractivity contribution in [3.8, 4) is 0 Å². The molecule has 0 saturated heterocycles. The SMILES string of the molecule is O=C(c1cn2ccccc2n1)c1cc([N+](=O)[O-])ccc1Cl. The Labute approximate surface area is 123 Å². The molecule has 7 heteroatoms. The van der Waals surface area contributed by atoms with Crippen LogP contribution in [0.1, 0.15) is 16.1 Å². The fourth-order valence-electron chi connectivity index (χ4n) is 1.98. The van der Waals surface area contributed by atoms with Crippen LogP contribution in [-0.2, 0) is 0 Å². The van der Waals surface area contributed by atoms with Crippen molar-refractivity contribution in [2.45, 2.75) is 0 Å². The van der Waals surface area contributed by atoms with Gasteiger partial charge in [-0.1, -0.05) is 17.7 Å². The largest absolute Gasteiger partial charge is 0.306 e. The maximum atomic E-state index is 12.4. The van der Waals surface area contributed by atoms with E-state index in [1.165, 1.54) is 12.1 Å². The molecular weight excluding hydrogens is 294 g/mol. The number of halogens is 1. The van der Waals surface area contributed by atoms with E-state index in [1.807, 2.05) is 6.07 Å². The second kappa shape index (κ2) is 4.99. The highest BCUT2D eigenvalue weighted by Crippen LogP contribution is 2.24. The number of rotatable bonds is 3. The van der Waals surface area contributed by atoms with Crippen LogP contribution in [0.15, 0.2) is 48.8 Å². The molecule has 6 nitrogen and oxygen atoms in total. The van der Waals surface area contributed by atoms with Crippen molar-refractivity contribution in [1.82, 2.24) is 9.38 Å². The number of benzene rings is 1. The van der Waals surface area contributed by atoms with E-state index >= 15 is 0 Å². The predicted octanol–water partition coefficient (Wildman–Crippen LogP) is 3.13. The molecule has 2 aromatic heterocycles. The van der Waals surface area contributed by atoms with E-state index in [1.54, 1.807) is 28.9 Å². The molecule has 1 aromatic carbocycles. The fourth-order valence-corrected chi connectivity index (χ4v) is 2.19. The van der Waals surface area contributed by atoms with Gasteiger partial charge in [0.2, 0.25) is 5.78 Å². The van der Waals surface area contributed by atoms with E-state index < -0.39 is 10.7 Å². The first-order valence-corrected chi connectivity index (χ1v) is 6.36. The standard InChI is InChI=1S/C14H8ClN3O3/c15-11-5-4-9(18(20)21)7-10(11)14(19)12-8-17-6-2-1-3-13(17)16-12/h1-8H. The topological polar surface area (TPSA) is 77.5 Å². The highest BCUT2D eigenvalue weighted by atomic mass is 35.5. The summed E-state index contributed by atoms with van der Waals surface area (Å²) in [6, 6.07) is 9.12. The van der Waals surface area contributed by atoms with E-state index in [2.05, 4.69) is 4.98 Å². The number of pyridine rings is 1. The summed E-state index contributed by atoms with van der Waals surface area (Å²) >= 11 is 5.97. The van der Waals surface area contributed by atoms with Crippen molar-refractivity contribution in [3.63, 3.8) is 0 Å². The molecule has 0 radical (unpaired) electrons. The number of nitro benzene ring substituents is 1. The summed E-state index contributed by atoms with van der Waals surface area (Å²) in [4.78, 5) is 26.8. The number of fused-ring (bicyclic) bond motifs is 1. The fraction of sp³-hybridized carbons (Fsp3) is 0. The number of carbonyl (C=O) groups is 1. The summed E-state index contributed by atoms with van der Waals surface area (Å²) in [6.45, 7) is 0. The van der Waals surface area contributed by atoms with Crippen LogP contribution in [0, 0.1) is 10.1 Å². The summed E-state index contributed by atoms with van der Waals surface area (Å²) in [6.07, 6.45) is 3.32. The van der Waals surface area contributed by atoms with Crippen molar-refractivity contribution in [2.75, 3.05) is 0 Å². The Kier molecular flexibility index (Phi) is 3.15. The maximum absolute atomic E-state index is 12.4. The van der Waals surface area contributed by atoms with Gasteiger partial charge in [0.05, 0.1) is 9.95 Å². The molecule has 0 aliphatic carbocycles.